The molecule has 0 saturated heterocycles. The van der Waals surface area contributed by atoms with Gasteiger partial charge in [-0.3, -0.25) is 4.98 Å². The Morgan fingerprint density at radius 3 is 2.60 bits per heavy atom. The van der Waals surface area contributed by atoms with Crippen LogP contribution < -0.4 is 10.6 Å². The van der Waals surface area contributed by atoms with E-state index in [1.54, 1.807) is 12.4 Å². The summed E-state index contributed by atoms with van der Waals surface area (Å²) in [6.45, 7) is 0.359. The van der Waals surface area contributed by atoms with Crippen molar-refractivity contribution in [3.63, 3.8) is 0 Å². The number of halogens is 2. The molecule has 0 aliphatic carbocycles. The highest BCUT2D eigenvalue weighted by atomic mass is 127. The summed E-state index contributed by atoms with van der Waals surface area (Å²) >= 11 is 8.50. The van der Waals surface area contributed by atoms with Crippen molar-refractivity contribution in [3.8, 4) is 11.3 Å². The lowest BCUT2D eigenvalue weighted by Crippen LogP contribution is -2.10. The average Bonchev–Trinajstić information content (AvgIpc) is 2.63. The Balaban J connectivity index is 1.96. The Hall–Kier alpha value is -1.97. The number of pyridine rings is 1. The second kappa shape index (κ2) is 8.41. The number of nitrogens with one attached hydrogen (secondary N) is 2. The van der Waals surface area contributed by atoms with Crippen LogP contribution in [0.5, 0.6) is 0 Å². The fourth-order valence-electron chi connectivity index (χ4n) is 2.16. The molecule has 0 radical (unpaired) electrons. The first-order valence-corrected chi connectivity index (χ1v) is 8.97. The number of aliphatic hydroxyl groups is 1. The highest BCUT2D eigenvalue weighted by molar-refractivity contribution is 14.1. The minimum absolute atomic E-state index is 0.00540. The van der Waals surface area contributed by atoms with Crippen LogP contribution in [0.15, 0.2) is 48.8 Å². The number of aliphatic hydroxyl groups excluding tert-OH is 1. The lowest BCUT2D eigenvalue weighted by atomic mass is 10.2. The molecule has 6 nitrogen and oxygen atoms in total. The molecule has 1 aromatic carbocycles. The van der Waals surface area contributed by atoms with Gasteiger partial charge in [-0.05, 0) is 52.9 Å². The van der Waals surface area contributed by atoms with Gasteiger partial charge in [-0.15, -0.1) is 0 Å². The summed E-state index contributed by atoms with van der Waals surface area (Å²) in [6.07, 6.45) is 3.42. The van der Waals surface area contributed by atoms with Crippen LogP contribution in [0.1, 0.15) is 0 Å². The Kier molecular flexibility index (Phi) is 6.00. The van der Waals surface area contributed by atoms with E-state index in [1.807, 2.05) is 36.4 Å². The van der Waals surface area contributed by atoms with Crippen LogP contribution in [0, 0.1) is 3.57 Å². The van der Waals surface area contributed by atoms with Crippen LogP contribution in [0.25, 0.3) is 11.3 Å². The summed E-state index contributed by atoms with van der Waals surface area (Å²) < 4.78 is 1.05. The van der Waals surface area contributed by atoms with Crippen molar-refractivity contribution in [3.05, 3.63) is 57.4 Å². The molecule has 0 fully saturated rings. The Bertz CT molecular complexity index is 863. The van der Waals surface area contributed by atoms with Gasteiger partial charge in [0.15, 0.2) is 0 Å². The summed E-state index contributed by atoms with van der Waals surface area (Å²) in [6, 6.07) is 11.3. The number of nitrogens with zero attached hydrogens (tertiary/aromatic N) is 3. The monoisotopic (exact) mass is 467 g/mol. The highest BCUT2D eigenvalue weighted by Gasteiger charge is 2.09. The van der Waals surface area contributed by atoms with Crippen molar-refractivity contribution in [2.24, 2.45) is 0 Å². The van der Waals surface area contributed by atoms with E-state index in [4.69, 9.17) is 16.7 Å². The molecule has 25 heavy (non-hydrogen) atoms. The minimum atomic E-state index is -0.00540. The van der Waals surface area contributed by atoms with E-state index in [1.165, 1.54) is 0 Å². The van der Waals surface area contributed by atoms with Gasteiger partial charge in [0, 0.05) is 34.1 Å². The first kappa shape index (κ1) is 17.8. The third kappa shape index (κ3) is 4.77. The van der Waals surface area contributed by atoms with Gasteiger partial charge in [-0.2, -0.15) is 4.98 Å². The van der Waals surface area contributed by atoms with Crippen LogP contribution in [-0.4, -0.2) is 33.2 Å². The maximum absolute atomic E-state index is 9.02. The lowest BCUT2D eigenvalue weighted by Gasteiger charge is -2.12. The summed E-state index contributed by atoms with van der Waals surface area (Å²) in [5.74, 6) is 1.03. The predicted octanol–water partition coefficient (Wildman–Crippen LogP) is 3.94. The first-order chi connectivity index (χ1) is 12.2. The van der Waals surface area contributed by atoms with E-state index in [0.29, 0.717) is 23.3 Å². The molecule has 0 saturated carbocycles. The van der Waals surface area contributed by atoms with Gasteiger partial charge in [-0.1, -0.05) is 11.6 Å². The molecule has 2 aromatic heterocycles. The Morgan fingerprint density at radius 1 is 1.08 bits per heavy atom. The molecule has 0 aliphatic heterocycles. The van der Waals surface area contributed by atoms with Crippen LogP contribution in [0.2, 0.25) is 5.02 Å². The van der Waals surface area contributed by atoms with Crippen LogP contribution in [0.3, 0.4) is 0 Å². The summed E-state index contributed by atoms with van der Waals surface area (Å²) in [5, 5.41) is 15.8. The maximum Gasteiger partial charge on any atom is 0.225 e. The fourth-order valence-corrected chi connectivity index (χ4v) is 3.06. The molecule has 0 unspecified atom stereocenters. The second-order valence-corrected chi connectivity index (χ2v) is 6.75. The molecule has 3 N–H and O–H groups in total. The molecule has 0 spiro atoms. The van der Waals surface area contributed by atoms with E-state index < -0.39 is 0 Å². The summed E-state index contributed by atoms with van der Waals surface area (Å²) in [5.41, 5.74) is 2.41. The van der Waals surface area contributed by atoms with Gasteiger partial charge in [-0.25, -0.2) is 4.98 Å². The van der Waals surface area contributed by atoms with Gasteiger partial charge in [0.1, 0.15) is 5.82 Å². The average molecular weight is 468 g/mol. The lowest BCUT2D eigenvalue weighted by molar-refractivity contribution is 0.311. The third-order valence-electron chi connectivity index (χ3n) is 3.29. The van der Waals surface area contributed by atoms with Crippen LogP contribution in [0.4, 0.5) is 17.5 Å². The van der Waals surface area contributed by atoms with E-state index in [2.05, 4.69) is 48.2 Å². The molecule has 0 aliphatic rings. The van der Waals surface area contributed by atoms with Crippen molar-refractivity contribution in [2.45, 2.75) is 0 Å². The molecule has 3 aromatic rings. The molecule has 8 heteroatoms. The number of aromatic nitrogens is 3. The highest BCUT2D eigenvalue weighted by Crippen LogP contribution is 2.28. The van der Waals surface area contributed by atoms with Gasteiger partial charge in [0.05, 0.1) is 23.0 Å². The summed E-state index contributed by atoms with van der Waals surface area (Å²) in [4.78, 5) is 12.9. The Morgan fingerprint density at radius 2 is 1.88 bits per heavy atom. The standard InChI is InChI=1S/C17H15ClIN5O/c18-13-9-12(19)1-2-14(13)22-16-10-15(11-3-5-20-6-4-11)23-17(24-16)21-7-8-25/h1-6,9-10,25H,7-8H2,(H2,21,22,23,24). The molecule has 0 amide bonds. The van der Waals surface area contributed by atoms with E-state index in [9.17, 15) is 0 Å². The van der Waals surface area contributed by atoms with Gasteiger partial charge < -0.3 is 15.7 Å². The van der Waals surface area contributed by atoms with Crippen molar-refractivity contribution in [1.82, 2.24) is 15.0 Å². The zero-order chi connectivity index (χ0) is 17.6. The third-order valence-corrected chi connectivity index (χ3v) is 4.27. The molecule has 3 rings (SSSR count). The molecule has 0 bridgehead atoms. The molecular weight excluding hydrogens is 453 g/mol. The van der Waals surface area contributed by atoms with Crippen LogP contribution in [-0.2, 0) is 0 Å². The van der Waals surface area contributed by atoms with Crippen LogP contribution >= 0.6 is 34.2 Å². The van der Waals surface area contributed by atoms with Gasteiger partial charge in [0.2, 0.25) is 5.95 Å². The quantitative estimate of drug-likeness (QED) is 0.476. The zero-order valence-electron chi connectivity index (χ0n) is 13.1. The maximum atomic E-state index is 9.02. The van der Waals surface area contributed by atoms with Gasteiger partial charge >= 0.3 is 0 Å². The number of benzene rings is 1. The van der Waals surface area contributed by atoms with Crippen molar-refractivity contribution in [2.75, 3.05) is 23.8 Å². The van der Waals surface area contributed by atoms with Crippen molar-refractivity contribution in [1.29, 1.82) is 0 Å². The number of hydrogen-bond donors (Lipinski definition) is 3. The Labute approximate surface area is 163 Å². The predicted molar refractivity (Wildman–Crippen MR) is 108 cm³/mol. The second-order valence-electron chi connectivity index (χ2n) is 5.10. The number of rotatable bonds is 6. The zero-order valence-corrected chi connectivity index (χ0v) is 16.0. The molecular formula is C17H15ClIN5O. The van der Waals surface area contributed by atoms with E-state index in [-0.39, 0.29) is 6.61 Å². The topological polar surface area (TPSA) is 83.0 Å². The van der Waals surface area contributed by atoms with Crippen molar-refractivity contribution < 1.29 is 5.11 Å². The number of hydrogen-bond acceptors (Lipinski definition) is 6. The number of anilines is 3. The molecule has 2 heterocycles. The fraction of sp³-hybridized carbons (Fsp3) is 0.118. The summed E-state index contributed by atoms with van der Waals surface area (Å²) in [7, 11) is 0. The van der Waals surface area contributed by atoms with E-state index >= 15 is 0 Å². The first-order valence-electron chi connectivity index (χ1n) is 7.52. The minimum Gasteiger partial charge on any atom is -0.395 e. The van der Waals surface area contributed by atoms with E-state index in [0.717, 1.165) is 20.5 Å². The normalized spacial score (nSPS) is 10.5. The largest absolute Gasteiger partial charge is 0.395 e. The molecule has 128 valence electrons. The van der Waals surface area contributed by atoms with Gasteiger partial charge in [0.25, 0.3) is 0 Å². The molecule has 0 atom stereocenters. The smallest absolute Gasteiger partial charge is 0.225 e. The SMILES string of the molecule is OCCNc1nc(Nc2ccc(I)cc2Cl)cc(-c2ccncc2)n1. The van der Waals surface area contributed by atoms with Crippen molar-refractivity contribution >= 4 is 51.6 Å².